The lowest BCUT2D eigenvalue weighted by molar-refractivity contribution is 0.308. The Morgan fingerprint density at radius 3 is 1.36 bits per heavy atom. The van der Waals surface area contributed by atoms with E-state index in [9.17, 15) is 25.9 Å². The average molecular weight is 579 g/mol. The Hall–Kier alpha value is -2.62. The molecule has 12 nitrogen and oxygen atoms in total. The fourth-order valence-corrected chi connectivity index (χ4v) is 8.40. The van der Waals surface area contributed by atoms with Crippen LogP contribution in [0.1, 0.15) is 36.1 Å². The van der Waals surface area contributed by atoms with Gasteiger partial charge in [0.2, 0.25) is 0 Å². The van der Waals surface area contributed by atoms with Gasteiger partial charge < -0.3 is 19.6 Å². The molecule has 14 heteroatoms. The molecule has 0 saturated heterocycles. The van der Waals surface area contributed by atoms with Gasteiger partial charge in [0.1, 0.15) is 9.79 Å². The van der Waals surface area contributed by atoms with Crippen LogP contribution in [-0.2, 0) is 46.4 Å². The number of hydrogen-bond acceptors (Lipinski definition) is 10. The van der Waals surface area contributed by atoms with Crippen LogP contribution in [0, 0.1) is 0 Å². The first-order valence-electron chi connectivity index (χ1n) is 13.0. The van der Waals surface area contributed by atoms with Crippen LogP contribution in [0.25, 0.3) is 0 Å². The van der Waals surface area contributed by atoms with Crippen LogP contribution in [-0.4, -0.2) is 82.9 Å². The maximum Gasteiger partial charge on any atom is 0.296 e. The lowest BCUT2D eigenvalue weighted by atomic mass is 9.93. The van der Waals surface area contributed by atoms with E-state index in [2.05, 4.69) is 19.6 Å². The van der Waals surface area contributed by atoms with E-state index >= 15 is 0 Å². The van der Waals surface area contributed by atoms with Crippen molar-refractivity contribution in [2.45, 2.75) is 49.8 Å². The van der Waals surface area contributed by atoms with Crippen molar-refractivity contribution in [3.05, 3.63) is 34.4 Å². The van der Waals surface area contributed by atoms with Crippen LogP contribution >= 0.6 is 0 Å². The number of hydrogen-bond donors (Lipinski definition) is 2. The van der Waals surface area contributed by atoms with Crippen molar-refractivity contribution in [1.82, 2.24) is 9.80 Å². The highest BCUT2D eigenvalue weighted by atomic mass is 32.2. The summed E-state index contributed by atoms with van der Waals surface area (Å²) >= 11 is 0. The molecule has 0 aliphatic carbocycles. The van der Waals surface area contributed by atoms with Gasteiger partial charge in [0, 0.05) is 61.8 Å². The molecule has 4 aliphatic rings. The first kappa shape index (κ1) is 26.6. The summed E-state index contributed by atoms with van der Waals surface area (Å²) in [6, 6.07) is 3.18. The summed E-state index contributed by atoms with van der Waals surface area (Å²) in [6.45, 7) is 8.47. The highest BCUT2D eigenvalue weighted by Crippen LogP contribution is 2.51. The van der Waals surface area contributed by atoms with E-state index in [1.165, 1.54) is 0 Å². The molecule has 4 heterocycles. The second-order valence-electron chi connectivity index (χ2n) is 10.9. The molecule has 2 aromatic carbocycles. The Labute approximate surface area is 229 Å². The molecule has 212 valence electrons. The first-order chi connectivity index (χ1) is 18.3. The van der Waals surface area contributed by atoms with Gasteiger partial charge in [-0.25, -0.2) is 0 Å². The van der Waals surface area contributed by atoms with Crippen molar-refractivity contribution in [2.24, 2.45) is 0 Å². The van der Waals surface area contributed by atoms with Crippen LogP contribution in [0.5, 0.6) is 0 Å². The minimum Gasteiger partial charge on any atom is -0.358 e. The minimum atomic E-state index is -4.55. The van der Waals surface area contributed by atoms with E-state index < -0.39 is 20.2 Å². The van der Waals surface area contributed by atoms with Gasteiger partial charge in [-0.1, -0.05) is 0 Å². The number of anilines is 4. The van der Waals surface area contributed by atoms with Gasteiger partial charge in [-0.3, -0.25) is 18.9 Å². The fraction of sp³-hybridized carbons (Fsp3) is 0.520. The summed E-state index contributed by atoms with van der Waals surface area (Å²) in [7, 11) is -5.20. The molecule has 39 heavy (non-hydrogen) atoms. The minimum absolute atomic E-state index is 0.127. The molecule has 2 N–H and O–H groups in total. The summed E-state index contributed by atoms with van der Waals surface area (Å²) in [6.07, 6.45) is 0. The molecule has 0 aromatic heterocycles. The smallest absolute Gasteiger partial charge is 0.296 e. The molecule has 0 amide bonds. The highest BCUT2D eigenvalue weighted by molar-refractivity contribution is 7.86. The third-order valence-corrected chi connectivity index (χ3v) is 9.89. The second-order valence-corrected chi connectivity index (χ2v) is 13.7. The van der Waals surface area contributed by atoms with Gasteiger partial charge in [-0.15, -0.1) is 0 Å². The summed E-state index contributed by atoms with van der Waals surface area (Å²) in [5, 5.41) is 0. The van der Waals surface area contributed by atoms with Gasteiger partial charge >= 0.3 is 0 Å². The normalized spacial score (nSPS) is 19.5. The van der Waals surface area contributed by atoms with E-state index in [0.29, 0.717) is 50.9 Å². The van der Waals surface area contributed by atoms with Gasteiger partial charge in [0.25, 0.3) is 20.2 Å². The standard InChI is InChI=1S/C25H34N6O6S2/c1-5-28-13-26(3)9-16-7-20(38(32,33)34)24-18(22(16)28)11-30-15-31(24)12-19-23-17(10-27(4)14-29(23)6-2)8-21(25(19)30)39(35,36)37/h7-8H,5-6,9-15H2,1-4H3,(H,32,33,34)(H,35,36,37). The number of rotatable bonds is 4. The zero-order valence-corrected chi connectivity index (χ0v) is 24.2. The van der Waals surface area contributed by atoms with E-state index in [-0.39, 0.29) is 29.5 Å². The van der Waals surface area contributed by atoms with E-state index in [0.717, 1.165) is 33.6 Å². The zero-order valence-electron chi connectivity index (χ0n) is 22.5. The lowest BCUT2D eigenvalue weighted by Crippen LogP contribution is -2.50. The number of fused-ring (bicyclic) bond motifs is 10. The van der Waals surface area contributed by atoms with Crippen LogP contribution in [0.2, 0.25) is 0 Å². The predicted molar refractivity (Wildman–Crippen MR) is 148 cm³/mol. The summed E-state index contributed by atoms with van der Waals surface area (Å²) in [4.78, 5) is 12.1. The van der Waals surface area contributed by atoms with E-state index in [1.54, 1.807) is 12.1 Å². The lowest BCUT2D eigenvalue weighted by Gasteiger charge is -2.50. The molecule has 2 aromatic rings. The summed E-state index contributed by atoms with van der Waals surface area (Å²) in [5.74, 6) is 0. The van der Waals surface area contributed by atoms with Crippen LogP contribution in [0.3, 0.4) is 0 Å². The molecule has 4 aliphatic heterocycles. The molecule has 0 spiro atoms. The molecule has 0 fully saturated rings. The van der Waals surface area contributed by atoms with Crippen molar-refractivity contribution >= 4 is 43.0 Å². The van der Waals surface area contributed by atoms with Gasteiger partial charge in [-0.05, 0) is 51.2 Å². The Kier molecular flexibility index (Phi) is 6.10. The first-order valence-corrected chi connectivity index (χ1v) is 15.9. The SMILES string of the molecule is CCN1CN(C)Cc2cc(S(=O)(=O)O)c3c(c21)CN1CN3Cc2c3c(cc(S(=O)(=O)O)c21)CN(C)CN3CC. The molecule has 0 unspecified atom stereocenters. The monoisotopic (exact) mass is 578 g/mol. The molecule has 0 radical (unpaired) electrons. The Morgan fingerprint density at radius 1 is 0.641 bits per heavy atom. The molecule has 6 rings (SSSR count). The predicted octanol–water partition coefficient (Wildman–Crippen LogP) is 1.94. The van der Waals surface area contributed by atoms with Crippen molar-refractivity contribution in [2.75, 3.05) is 66.8 Å². The van der Waals surface area contributed by atoms with E-state index in [1.807, 2.05) is 37.7 Å². The van der Waals surface area contributed by atoms with Crippen molar-refractivity contribution in [3.8, 4) is 0 Å². The number of benzene rings is 2. The molecule has 2 bridgehead atoms. The number of nitrogens with zero attached hydrogens (tertiary/aromatic N) is 6. The summed E-state index contributed by atoms with van der Waals surface area (Å²) in [5.41, 5.74) is 5.81. The molecule has 0 saturated carbocycles. The quantitative estimate of drug-likeness (QED) is 0.515. The van der Waals surface area contributed by atoms with Crippen LogP contribution in [0.15, 0.2) is 21.9 Å². The van der Waals surface area contributed by atoms with Crippen molar-refractivity contribution in [1.29, 1.82) is 0 Å². The van der Waals surface area contributed by atoms with Crippen LogP contribution < -0.4 is 19.6 Å². The maximum absolute atomic E-state index is 12.7. The van der Waals surface area contributed by atoms with E-state index in [4.69, 9.17) is 0 Å². The Bertz CT molecular complexity index is 1480. The second kappa shape index (κ2) is 8.94. The maximum atomic E-state index is 12.7. The average Bonchev–Trinajstić information content (AvgIpc) is 2.84. The van der Waals surface area contributed by atoms with Gasteiger partial charge in [-0.2, -0.15) is 16.8 Å². The fourth-order valence-electron chi connectivity index (χ4n) is 6.82. The van der Waals surface area contributed by atoms with Gasteiger partial charge in [0.15, 0.2) is 0 Å². The third-order valence-electron chi connectivity index (χ3n) is 8.16. The molecule has 0 atom stereocenters. The van der Waals surface area contributed by atoms with Gasteiger partial charge in [0.05, 0.1) is 31.4 Å². The van der Waals surface area contributed by atoms with Crippen molar-refractivity contribution < 1.29 is 25.9 Å². The van der Waals surface area contributed by atoms with Crippen LogP contribution in [0.4, 0.5) is 22.7 Å². The topological polar surface area (TPSA) is 128 Å². The Balaban J connectivity index is 1.63. The Morgan fingerprint density at radius 2 is 1.03 bits per heavy atom. The summed E-state index contributed by atoms with van der Waals surface area (Å²) < 4.78 is 71.7. The third kappa shape index (κ3) is 4.16. The zero-order chi connectivity index (χ0) is 28.0. The molecular formula is C25H34N6O6S2. The molecular weight excluding hydrogens is 544 g/mol. The highest BCUT2D eigenvalue weighted by Gasteiger charge is 2.42. The van der Waals surface area contributed by atoms with Crippen molar-refractivity contribution in [3.63, 3.8) is 0 Å². The largest absolute Gasteiger partial charge is 0.358 e.